The summed E-state index contributed by atoms with van der Waals surface area (Å²) in [6.07, 6.45) is 0. The summed E-state index contributed by atoms with van der Waals surface area (Å²) in [6.45, 7) is 2.67. The van der Waals surface area contributed by atoms with Crippen LogP contribution in [0.5, 0.6) is 11.5 Å². The van der Waals surface area contributed by atoms with Crippen LogP contribution in [0.3, 0.4) is 0 Å². The van der Waals surface area contributed by atoms with Crippen molar-refractivity contribution in [1.29, 1.82) is 0 Å². The van der Waals surface area contributed by atoms with Crippen molar-refractivity contribution in [1.82, 2.24) is 5.32 Å². The zero-order valence-electron chi connectivity index (χ0n) is 9.86. The van der Waals surface area contributed by atoms with E-state index in [2.05, 4.69) is 5.32 Å². The van der Waals surface area contributed by atoms with Gasteiger partial charge in [-0.1, -0.05) is 12.1 Å². The molecule has 1 N–H and O–H groups in total. The molecule has 0 saturated heterocycles. The van der Waals surface area contributed by atoms with Crippen molar-refractivity contribution in [2.45, 2.75) is 0 Å². The second-order valence-electron chi connectivity index (χ2n) is 3.22. The van der Waals surface area contributed by atoms with E-state index in [0.717, 1.165) is 18.0 Å². The molecule has 16 heavy (non-hydrogen) atoms. The molecular weight excluding hydrogens is 206 g/mol. The smallest absolute Gasteiger partial charge is 0.161 e. The molecule has 0 amide bonds. The minimum atomic E-state index is 0.532. The lowest BCUT2D eigenvalue weighted by molar-refractivity contribution is 0.102. The number of nitrogens with one attached hydrogen (secondary N) is 1. The first-order valence-corrected chi connectivity index (χ1v) is 5.36. The molecular formula is C12H19NO3. The summed E-state index contributed by atoms with van der Waals surface area (Å²) in [5.74, 6) is 1.50. The van der Waals surface area contributed by atoms with Crippen molar-refractivity contribution in [3.63, 3.8) is 0 Å². The number of ether oxygens (including phenoxy) is 3. The molecule has 0 fully saturated rings. The SMILES string of the molecule is CNCCOCCOc1ccccc1OC. The lowest BCUT2D eigenvalue weighted by Crippen LogP contribution is -2.16. The fourth-order valence-corrected chi connectivity index (χ4v) is 1.22. The molecule has 0 heterocycles. The molecule has 0 unspecified atom stereocenters. The molecule has 4 heteroatoms. The molecule has 0 radical (unpaired) electrons. The molecule has 0 spiro atoms. The highest BCUT2D eigenvalue weighted by Gasteiger charge is 2.01. The highest BCUT2D eigenvalue weighted by molar-refractivity contribution is 5.39. The van der Waals surface area contributed by atoms with E-state index < -0.39 is 0 Å². The average molecular weight is 225 g/mol. The zero-order chi connectivity index (χ0) is 11.6. The van der Waals surface area contributed by atoms with Crippen LogP contribution in [-0.2, 0) is 4.74 Å². The van der Waals surface area contributed by atoms with Gasteiger partial charge in [0.15, 0.2) is 11.5 Å². The highest BCUT2D eigenvalue weighted by Crippen LogP contribution is 2.25. The molecule has 0 atom stereocenters. The van der Waals surface area contributed by atoms with Gasteiger partial charge in [-0.15, -0.1) is 0 Å². The Morgan fingerprint density at radius 2 is 1.81 bits per heavy atom. The second-order valence-corrected chi connectivity index (χ2v) is 3.22. The molecule has 1 rings (SSSR count). The van der Waals surface area contributed by atoms with E-state index in [-0.39, 0.29) is 0 Å². The van der Waals surface area contributed by atoms with E-state index in [9.17, 15) is 0 Å². The van der Waals surface area contributed by atoms with Crippen LogP contribution in [0.1, 0.15) is 0 Å². The normalized spacial score (nSPS) is 10.1. The van der Waals surface area contributed by atoms with Crippen molar-refractivity contribution >= 4 is 0 Å². The van der Waals surface area contributed by atoms with E-state index in [0.29, 0.717) is 19.8 Å². The van der Waals surface area contributed by atoms with Crippen LogP contribution < -0.4 is 14.8 Å². The first-order chi connectivity index (χ1) is 7.88. The summed E-state index contributed by atoms with van der Waals surface area (Å²) < 4.78 is 16.0. The molecule has 0 aliphatic rings. The monoisotopic (exact) mass is 225 g/mol. The second kappa shape index (κ2) is 7.96. The topological polar surface area (TPSA) is 39.7 Å². The fraction of sp³-hybridized carbons (Fsp3) is 0.500. The molecule has 1 aromatic carbocycles. The summed E-state index contributed by atoms with van der Waals surface area (Å²) >= 11 is 0. The molecule has 0 bridgehead atoms. The number of para-hydroxylation sites is 2. The summed E-state index contributed by atoms with van der Waals surface area (Å²) in [5.41, 5.74) is 0. The standard InChI is InChI=1S/C12H19NO3/c1-13-7-8-15-9-10-16-12-6-4-3-5-11(12)14-2/h3-6,13H,7-10H2,1-2H3. The van der Waals surface area contributed by atoms with E-state index >= 15 is 0 Å². The largest absolute Gasteiger partial charge is 0.493 e. The number of benzene rings is 1. The third-order valence-corrected chi connectivity index (χ3v) is 2.05. The Morgan fingerprint density at radius 3 is 2.50 bits per heavy atom. The van der Waals surface area contributed by atoms with Crippen molar-refractivity contribution in [3.8, 4) is 11.5 Å². The van der Waals surface area contributed by atoms with Gasteiger partial charge in [0.2, 0.25) is 0 Å². The quantitative estimate of drug-likeness (QED) is 0.677. The molecule has 1 aromatic rings. The number of likely N-dealkylation sites (N-methyl/N-ethyl adjacent to an activating group) is 1. The van der Waals surface area contributed by atoms with Gasteiger partial charge in [-0.2, -0.15) is 0 Å². The maximum absolute atomic E-state index is 5.54. The Labute approximate surface area is 96.5 Å². The van der Waals surface area contributed by atoms with Gasteiger partial charge in [0, 0.05) is 6.54 Å². The lowest BCUT2D eigenvalue weighted by Gasteiger charge is -2.10. The van der Waals surface area contributed by atoms with E-state index in [1.54, 1.807) is 7.11 Å². The third-order valence-electron chi connectivity index (χ3n) is 2.05. The van der Waals surface area contributed by atoms with E-state index in [1.165, 1.54) is 0 Å². The Balaban J connectivity index is 2.21. The first-order valence-electron chi connectivity index (χ1n) is 5.36. The van der Waals surface area contributed by atoms with Crippen LogP contribution in [0.15, 0.2) is 24.3 Å². The Bertz CT molecular complexity index is 291. The number of hydrogen-bond donors (Lipinski definition) is 1. The van der Waals surface area contributed by atoms with Gasteiger partial charge >= 0.3 is 0 Å². The van der Waals surface area contributed by atoms with Crippen LogP contribution >= 0.6 is 0 Å². The maximum atomic E-state index is 5.54. The number of methoxy groups -OCH3 is 1. The van der Waals surface area contributed by atoms with Gasteiger partial charge in [0.05, 0.1) is 20.3 Å². The van der Waals surface area contributed by atoms with Gasteiger partial charge < -0.3 is 19.5 Å². The third kappa shape index (κ3) is 4.51. The van der Waals surface area contributed by atoms with Gasteiger partial charge in [0.1, 0.15) is 6.61 Å². The van der Waals surface area contributed by atoms with Gasteiger partial charge in [-0.05, 0) is 19.2 Å². The van der Waals surface area contributed by atoms with Crippen LogP contribution in [0.2, 0.25) is 0 Å². The zero-order valence-corrected chi connectivity index (χ0v) is 9.86. The molecule has 90 valence electrons. The van der Waals surface area contributed by atoms with Gasteiger partial charge in [-0.3, -0.25) is 0 Å². The van der Waals surface area contributed by atoms with E-state index in [1.807, 2.05) is 31.3 Å². The lowest BCUT2D eigenvalue weighted by atomic mass is 10.3. The summed E-state index contributed by atoms with van der Waals surface area (Å²) in [7, 11) is 3.53. The Kier molecular flexibility index (Phi) is 6.37. The van der Waals surface area contributed by atoms with Crippen LogP contribution in [0.4, 0.5) is 0 Å². The van der Waals surface area contributed by atoms with Crippen molar-refractivity contribution in [2.75, 3.05) is 40.5 Å². The van der Waals surface area contributed by atoms with Crippen molar-refractivity contribution in [2.24, 2.45) is 0 Å². The molecule has 0 aliphatic heterocycles. The number of rotatable bonds is 8. The predicted octanol–water partition coefficient (Wildman–Crippen LogP) is 1.31. The molecule has 0 aliphatic carbocycles. The van der Waals surface area contributed by atoms with Crippen LogP contribution in [0, 0.1) is 0 Å². The average Bonchev–Trinajstić information content (AvgIpc) is 2.34. The Morgan fingerprint density at radius 1 is 1.06 bits per heavy atom. The van der Waals surface area contributed by atoms with Crippen LogP contribution in [0.25, 0.3) is 0 Å². The predicted molar refractivity (Wildman–Crippen MR) is 63.2 cm³/mol. The minimum absolute atomic E-state index is 0.532. The molecule has 4 nitrogen and oxygen atoms in total. The molecule has 0 saturated carbocycles. The maximum Gasteiger partial charge on any atom is 0.161 e. The van der Waals surface area contributed by atoms with Crippen LogP contribution in [-0.4, -0.2) is 40.5 Å². The van der Waals surface area contributed by atoms with Gasteiger partial charge in [0.25, 0.3) is 0 Å². The van der Waals surface area contributed by atoms with Gasteiger partial charge in [-0.25, -0.2) is 0 Å². The van der Waals surface area contributed by atoms with Crippen molar-refractivity contribution < 1.29 is 14.2 Å². The van der Waals surface area contributed by atoms with Crippen molar-refractivity contribution in [3.05, 3.63) is 24.3 Å². The summed E-state index contributed by atoms with van der Waals surface area (Å²) in [6, 6.07) is 7.58. The first kappa shape index (κ1) is 12.8. The minimum Gasteiger partial charge on any atom is -0.493 e. The fourth-order valence-electron chi connectivity index (χ4n) is 1.22. The number of hydrogen-bond acceptors (Lipinski definition) is 4. The summed E-state index contributed by atoms with van der Waals surface area (Å²) in [4.78, 5) is 0. The summed E-state index contributed by atoms with van der Waals surface area (Å²) in [5, 5.41) is 3.01. The highest BCUT2D eigenvalue weighted by atomic mass is 16.5. The molecule has 0 aromatic heterocycles. The van der Waals surface area contributed by atoms with E-state index in [4.69, 9.17) is 14.2 Å². The Hall–Kier alpha value is -1.26.